The summed E-state index contributed by atoms with van der Waals surface area (Å²) < 4.78 is 6.23. The highest BCUT2D eigenvalue weighted by Crippen LogP contribution is 2.33. The third-order valence-corrected chi connectivity index (χ3v) is 5.89. The molecular formula is C21H15Cl2N3O2S. The van der Waals surface area contributed by atoms with E-state index in [1.54, 1.807) is 42.6 Å². The Morgan fingerprint density at radius 1 is 1.17 bits per heavy atom. The van der Waals surface area contributed by atoms with Crippen molar-refractivity contribution in [3.63, 3.8) is 0 Å². The van der Waals surface area contributed by atoms with Crippen molar-refractivity contribution in [3.05, 3.63) is 82.1 Å². The Kier molecular flexibility index (Phi) is 5.67. The molecule has 0 fully saturated rings. The summed E-state index contributed by atoms with van der Waals surface area (Å²) in [4.78, 5) is 23.8. The highest BCUT2D eigenvalue weighted by molar-refractivity contribution is 7.22. The van der Waals surface area contributed by atoms with Gasteiger partial charge in [0.1, 0.15) is 5.75 Å². The smallest absolute Gasteiger partial charge is 0.261 e. The van der Waals surface area contributed by atoms with Gasteiger partial charge in [-0.1, -0.05) is 40.6 Å². The minimum atomic E-state index is -0.262. The number of hydrogen-bond acceptors (Lipinski definition) is 5. The number of benzene rings is 2. The predicted octanol–water partition coefficient (Wildman–Crippen LogP) is 5.85. The van der Waals surface area contributed by atoms with E-state index in [9.17, 15) is 4.79 Å². The molecular weight excluding hydrogens is 429 g/mol. The van der Waals surface area contributed by atoms with E-state index in [0.717, 1.165) is 15.8 Å². The highest BCUT2D eigenvalue weighted by atomic mass is 35.5. The van der Waals surface area contributed by atoms with Crippen LogP contribution in [-0.4, -0.2) is 23.0 Å². The third kappa shape index (κ3) is 4.19. The largest absolute Gasteiger partial charge is 0.497 e. The van der Waals surface area contributed by atoms with Gasteiger partial charge in [-0.2, -0.15) is 0 Å². The molecule has 8 heteroatoms. The number of thiazole rings is 1. The molecule has 0 atom stereocenters. The van der Waals surface area contributed by atoms with Gasteiger partial charge < -0.3 is 4.74 Å². The lowest BCUT2D eigenvalue weighted by atomic mass is 10.2. The lowest BCUT2D eigenvalue weighted by Crippen LogP contribution is -2.30. The van der Waals surface area contributed by atoms with E-state index in [0.29, 0.717) is 33.0 Å². The SMILES string of the molecule is COc1ccc2sc(N(Cc3cccnc3)C(=O)c3ccc(Cl)cc3Cl)nc2c1. The van der Waals surface area contributed by atoms with E-state index in [1.165, 1.54) is 11.3 Å². The molecule has 146 valence electrons. The number of amides is 1. The summed E-state index contributed by atoms with van der Waals surface area (Å²) in [5.74, 6) is 0.446. The quantitative estimate of drug-likeness (QED) is 0.387. The van der Waals surface area contributed by atoms with Crippen LogP contribution < -0.4 is 9.64 Å². The van der Waals surface area contributed by atoms with E-state index in [1.807, 2.05) is 30.3 Å². The van der Waals surface area contributed by atoms with Gasteiger partial charge in [0.15, 0.2) is 5.13 Å². The first-order valence-corrected chi connectivity index (χ1v) is 10.2. The van der Waals surface area contributed by atoms with Gasteiger partial charge in [-0.15, -0.1) is 0 Å². The van der Waals surface area contributed by atoms with Gasteiger partial charge in [-0.25, -0.2) is 4.98 Å². The van der Waals surface area contributed by atoms with Gasteiger partial charge in [0.25, 0.3) is 5.91 Å². The second-order valence-electron chi connectivity index (χ2n) is 6.21. The molecule has 29 heavy (non-hydrogen) atoms. The number of rotatable bonds is 5. The lowest BCUT2D eigenvalue weighted by Gasteiger charge is -2.20. The van der Waals surface area contributed by atoms with Crippen molar-refractivity contribution in [2.75, 3.05) is 12.0 Å². The minimum absolute atomic E-state index is 0.262. The average molecular weight is 444 g/mol. The molecule has 0 bridgehead atoms. The normalized spacial score (nSPS) is 10.9. The lowest BCUT2D eigenvalue weighted by molar-refractivity contribution is 0.0985. The van der Waals surface area contributed by atoms with Crippen molar-refractivity contribution in [1.29, 1.82) is 0 Å². The zero-order valence-electron chi connectivity index (χ0n) is 15.3. The number of halogens is 2. The molecule has 2 aromatic carbocycles. The first kappa shape index (κ1) is 19.6. The van der Waals surface area contributed by atoms with Crippen molar-refractivity contribution in [2.45, 2.75) is 6.54 Å². The highest BCUT2D eigenvalue weighted by Gasteiger charge is 2.24. The first-order chi connectivity index (χ1) is 14.0. The Morgan fingerprint density at radius 3 is 2.76 bits per heavy atom. The number of methoxy groups -OCH3 is 1. The van der Waals surface area contributed by atoms with Crippen molar-refractivity contribution in [3.8, 4) is 5.75 Å². The summed E-state index contributed by atoms with van der Waals surface area (Å²) in [5, 5.41) is 1.33. The minimum Gasteiger partial charge on any atom is -0.497 e. The summed E-state index contributed by atoms with van der Waals surface area (Å²) in [7, 11) is 1.61. The maximum atomic E-state index is 13.4. The number of aromatic nitrogens is 2. The number of anilines is 1. The van der Waals surface area contributed by atoms with Crippen molar-refractivity contribution in [1.82, 2.24) is 9.97 Å². The van der Waals surface area contributed by atoms with Crippen LogP contribution in [0.25, 0.3) is 10.2 Å². The van der Waals surface area contributed by atoms with Gasteiger partial charge in [0.05, 0.1) is 34.5 Å². The number of nitrogens with zero attached hydrogens (tertiary/aromatic N) is 3. The summed E-state index contributed by atoms with van der Waals surface area (Å²) in [6.07, 6.45) is 3.41. The van der Waals surface area contributed by atoms with Crippen molar-refractivity contribution in [2.24, 2.45) is 0 Å². The van der Waals surface area contributed by atoms with Crippen LogP contribution in [0.5, 0.6) is 5.75 Å². The Hall–Kier alpha value is -2.67. The average Bonchev–Trinajstić information content (AvgIpc) is 3.15. The number of ether oxygens (including phenoxy) is 1. The van der Waals surface area contributed by atoms with Crippen LogP contribution in [0.2, 0.25) is 10.0 Å². The zero-order chi connectivity index (χ0) is 20.4. The van der Waals surface area contributed by atoms with Crippen LogP contribution in [0, 0.1) is 0 Å². The monoisotopic (exact) mass is 443 g/mol. The second kappa shape index (κ2) is 8.37. The molecule has 0 aliphatic heterocycles. The molecule has 0 radical (unpaired) electrons. The fraction of sp³-hybridized carbons (Fsp3) is 0.0952. The van der Waals surface area contributed by atoms with Crippen LogP contribution >= 0.6 is 34.5 Å². The molecule has 4 aromatic rings. The van der Waals surface area contributed by atoms with Crippen LogP contribution in [-0.2, 0) is 6.54 Å². The molecule has 5 nitrogen and oxygen atoms in total. The zero-order valence-corrected chi connectivity index (χ0v) is 17.6. The maximum Gasteiger partial charge on any atom is 0.261 e. The van der Waals surface area contributed by atoms with E-state index in [-0.39, 0.29) is 5.91 Å². The van der Waals surface area contributed by atoms with E-state index in [2.05, 4.69) is 9.97 Å². The number of hydrogen-bond donors (Lipinski definition) is 0. The Bertz CT molecular complexity index is 1180. The van der Waals surface area contributed by atoms with Gasteiger partial charge in [-0.3, -0.25) is 14.7 Å². The van der Waals surface area contributed by atoms with Crippen LogP contribution in [0.15, 0.2) is 60.9 Å². The predicted molar refractivity (Wildman–Crippen MR) is 117 cm³/mol. The van der Waals surface area contributed by atoms with E-state index < -0.39 is 0 Å². The summed E-state index contributed by atoms with van der Waals surface area (Å²) in [6.45, 7) is 0.308. The van der Waals surface area contributed by atoms with Gasteiger partial charge in [0.2, 0.25) is 0 Å². The van der Waals surface area contributed by atoms with Gasteiger partial charge in [-0.05, 0) is 42.0 Å². The summed E-state index contributed by atoms with van der Waals surface area (Å²) in [5.41, 5.74) is 2.00. The molecule has 2 heterocycles. The number of pyridine rings is 1. The Labute approximate surface area is 181 Å². The van der Waals surface area contributed by atoms with Crippen LogP contribution in [0.3, 0.4) is 0 Å². The summed E-state index contributed by atoms with van der Waals surface area (Å²) in [6, 6.07) is 14.2. The fourth-order valence-corrected chi connectivity index (χ4v) is 4.28. The third-order valence-electron chi connectivity index (χ3n) is 4.28. The van der Waals surface area contributed by atoms with Gasteiger partial charge >= 0.3 is 0 Å². The van der Waals surface area contributed by atoms with Crippen molar-refractivity contribution < 1.29 is 9.53 Å². The molecule has 0 spiro atoms. The Morgan fingerprint density at radius 2 is 2.03 bits per heavy atom. The molecule has 0 saturated carbocycles. The molecule has 1 amide bonds. The van der Waals surface area contributed by atoms with Crippen LogP contribution in [0.4, 0.5) is 5.13 Å². The molecule has 4 rings (SSSR count). The number of carbonyl (C=O) groups excluding carboxylic acids is 1. The second-order valence-corrected chi connectivity index (χ2v) is 8.06. The number of fused-ring (bicyclic) bond motifs is 1. The van der Waals surface area contributed by atoms with Crippen molar-refractivity contribution >= 4 is 55.8 Å². The topological polar surface area (TPSA) is 55.3 Å². The van der Waals surface area contributed by atoms with E-state index >= 15 is 0 Å². The molecule has 2 aromatic heterocycles. The van der Waals surface area contributed by atoms with E-state index in [4.69, 9.17) is 27.9 Å². The maximum absolute atomic E-state index is 13.4. The molecule has 0 aliphatic carbocycles. The first-order valence-electron chi connectivity index (χ1n) is 8.65. The molecule has 0 saturated heterocycles. The Balaban J connectivity index is 1.78. The molecule has 0 N–H and O–H groups in total. The molecule has 0 aliphatic rings. The summed E-state index contributed by atoms with van der Waals surface area (Å²) >= 11 is 13.7. The standard InChI is InChI=1S/C21H15Cl2N3O2S/c1-28-15-5-7-19-18(10-15)25-21(29-19)26(12-13-3-2-8-24-11-13)20(27)16-6-4-14(22)9-17(16)23/h2-11H,12H2,1H3. The fourth-order valence-electron chi connectivity index (χ4n) is 2.85. The van der Waals surface area contributed by atoms with Gasteiger partial charge in [0, 0.05) is 23.5 Å². The van der Waals surface area contributed by atoms with Crippen LogP contribution in [0.1, 0.15) is 15.9 Å². The molecule has 0 unspecified atom stereocenters. The number of carbonyl (C=O) groups is 1.